The van der Waals surface area contributed by atoms with Crippen molar-refractivity contribution in [2.45, 2.75) is 0 Å². The summed E-state index contributed by atoms with van der Waals surface area (Å²) in [4.78, 5) is 15.8. The first-order valence-electron chi connectivity index (χ1n) is 6.17. The molecular weight excluding hydrogens is 272 g/mol. The molecule has 7 nitrogen and oxygen atoms in total. The fraction of sp³-hybridized carbons (Fsp3) is 0.143. The van der Waals surface area contributed by atoms with E-state index in [2.05, 4.69) is 15.2 Å². The van der Waals surface area contributed by atoms with Gasteiger partial charge in [0, 0.05) is 12.4 Å². The summed E-state index contributed by atoms with van der Waals surface area (Å²) in [7, 11) is 2.87. The molecule has 3 aromatic heterocycles. The minimum atomic E-state index is -0.422. The van der Waals surface area contributed by atoms with Gasteiger partial charge in [0.25, 0.3) is 0 Å². The summed E-state index contributed by atoms with van der Waals surface area (Å²) in [5.41, 5.74) is 1.71. The second kappa shape index (κ2) is 5.20. The third kappa shape index (κ3) is 2.18. The molecule has 0 saturated heterocycles. The monoisotopic (exact) mass is 284 g/mol. The van der Waals surface area contributed by atoms with E-state index in [-0.39, 0.29) is 0 Å². The van der Waals surface area contributed by atoms with Crippen molar-refractivity contribution >= 4 is 11.6 Å². The van der Waals surface area contributed by atoms with Crippen LogP contribution in [0.3, 0.4) is 0 Å². The minimum Gasteiger partial charge on any atom is -0.480 e. The number of nitrogens with zero attached hydrogens (tertiary/aromatic N) is 4. The Labute approximate surface area is 120 Å². The molecule has 0 N–H and O–H groups in total. The molecule has 3 aromatic rings. The van der Waals surface area contributed by atoms with Gasteiger partial charge in [-0.2, -0.15) is 0 Å². The molecule has 0 aromatic carbocycles. The van der Waals surface area contributed by atoms with Crippen LogP contribution < -0.4 is 4.74 Å². The molecule has 0 unspecified atom stereocenters. The van der Waals surface area contributed by atoms with E-state index in [0.717, 1.165) is 0 Å². The van der Waals surface area contributed by atoms with Crippen molar-refractivity contribution in [2.24, 2.45) is 0 Å². The zero-order valence-electron chi connectivity index (χ0n) is 11.5. The maximum absolute atomic E-state index is 11.6. The molecule has 3 heterocycles. The topological polar surface area (TPSA) is 78.6 Å². The molecule has 7 heteroatoms. The summed E-state index contributed by atoms with van der Waals surface area (Å²) in [6.45, 7) is 0. The second-order valence-corrected chi connectivity index (χ2v) is 4.22. The van der Waals surface area contributed by atoms with Gasteiger partial charge < -0.3 is 9.47 Å². The zero-order valence-corrected chi connectivity index (χ0v) is 11.5. The Kier molecular flexibility index (Phi) is 3.23. The molecule has 0 atom stereocenters. The van der Waals surface area contributed by atoms with Crippen molar-refractivity contribution < 1.29 is 14.3 Å². The maximum Gasteiger partial charge on any atom is 0.339 e. The normalized spacial score (nSPS) is 10.6. The molecule has 0 aliphatic heterocycles. The van der Waals surface area contributed by atoms with Crippen molar-refractivity contribution in [3.8, 4) is 17.3 Å². The summed E-state index contributed by atoms with van der Waals surface area (Å²) in [6.07, 6.45) is 3.26. The van der Waals surface area contributed by atoms with Crippen LogP contribution in [0.15, 0.2) is 36.7 Å². The SMILES string of the molecule is COC(=O)c1ccc2nnc(-c3cccnc3OC)n2c1. The van der Waals surface area contributed by atoms with Crippen LogP contribution in [0.25, 0.3) is 17.0 Å². The van der Waals surface area contributed by atoms with E-state index in [1.54, 1.807) is 35.0 Å². The van der Waals surface area contributed by atoms with Crippen LogP contribution in [0.2, 0.25) is 0 Å². The summed E-state index contributed by atoms with van der Waals surface area (Å²) < 4.78 is 11.7. The average Bonchev–Trinajstić information content (AvgIpc) is 2.96. The smallest absolute Gasteiger partial charge is 0.339 e. The van der Waals surface area contributed by atoms with E-state index in [0.29, 0.717) is 28.5 Å². The van der Waals surface area contributed by atoms with Gasteiger partial charge in [0.15, 0.2) is 11.5 Å². The number of ether oxygens (including phenoxy) is 2. The number of methoxy groups -OCH3 is 2. The summed E-state index contributed by atoms with van der Waals surface area (Å²) in [5.74, 6) is 0.561. The summed E-state index contributed by atoms with van der Waals surface area (Å²) in [5, 5.41) is 8.22. The van der Waals surface area contributed by atoms with Crippen LogP contribution in [-0.2, 0) is 4.74 Å². The van der Waals surface area contributed by atoms with Crippen LogP contribution >= 0.6 is 0 Å². The highest BCUT2D eigenvalue weighted by molar-refractivity contribution is 5.89. The number of pyridine rings is 2. The Balaban J connectivity index is 2.21. The van der Waals surface area contributed by atoms with Gasteiger partial charge in [0.05, 0.1) is 25.3 Å². The van der Waals surface area contributed by atoms with Crippen molar-refractivity contribution in [1.29, 1.82) is 0 Å². The molecule has 0 radical (unpaired) electrons. The van der Waals surface area contributed by atoms with Crippen LogP contribution in [0, 0.1) is 0 Å². The van der Waals surface area contributed by atoms with Crippen LogP contribution in [0.4, 0.5) is 0 Å². The first-order chi connectivity index (χ1) is 10.2. The molecule has 0 amide bonds. The molecule has 0 saturated carbocycles. The molecule has 0 spiro atoms. The first kappa shape index (κ1) is 13.0. The van der Waals surface area contributed by atoms with Crippen LogP contribution in [0.5, 0.6) is 5.88 Å². The highest BCUT2D eigenvalue weighted by Crippen LogP contribution is 2.26. The highest BCUT2D eigenvalue weighted by Gasteiger charge is 2.15. The Bertz CT molecular complexity index is 813. The minimum absolute atomic E-state index is 0.411. The fourth-order valence-corrected chi connectivity index (χ4v) is 2.04. The van der Waals surface area contributed by atoms with Gasteiger partial charge in [-0.1, -0.05) is 0 Å². The highest BCUT2D eigenvalue weighted by atomic mass is 16.5. The van der Waals surface area contributed by atoms with E-state index in [1.165, 1.54) is 14.2 Å². The lowest BCUT2D eigenvalue weighted by Crippen LogP contribution is -2.03. The van der Waals surface area contributed by atoms with E-state index in [9.17, 15) is 4.79 Å². The first-order valence-corrected chi connectivity index (χ1v) is 6.17. The number of aromatic nitrogens is 4. The Morgan fingerprint density at radius 2 is 2.05 bits per heavy atom. The number of carbonyl (C=O) groups is 1. The molecule has 106 valence electrons. The van der Waals surface area contributed by atoms with Gasteiger partial charge in [-0.05, 0) is 24.3 Å². The van der Waals surface area contributed by atoms with E-state index < -0.39 is 5.97 Å². The van der Waals surface area contributed by atoms with Crippen LogP contribution in [-0.4, -0.2) is 39.8 Å². The predicted molar refractivity (Wildman–Crippen MR) is 74.1 cm³/mol. The van der Waals surface area contributed by atoms with Gasteiger partial charge in [0.1, 0.15) is 0 Å². The number of hydrogen-bond donors (Lipinski definition) is 0. The lowest BCUT2D eigenvalue weighted by Gasteiger charge is -2.06. The predicted octanol–water partition coefficient (Wildman–Crippen LogP) is 1.59. The maximum atomic E-state index is 11.6. The largest absolute Gasteiger partial charge is 0.480 e. The van der Waals surface area contributed by atoms with Gasteiger partial charge in [-0.3, -0.25) is 4.40 Å². The number of hydrogen-bond acceptors (Lipinski definition) is 6. The zero-order chi connectivity index (χ0) is 14.8. The Morgan fingerprint density at radius 1 is 1.19 bits per heavy atom. The molecule has 0 aliphatic carbocycles. The standard InChI is InChI=1S/C14H12N4O3/c1-20-13-10(4-3-7-15-13)12-17-16-11-6-5-9(8-18(11)12)14(19)21-2/h3-8H,1-2H3. The molecule has 0 aliphatic rings. The van der Waals surface area contributed by atoms with Gasteiger partial charge in [-0.25, -0.2) is 9.78 Å². The summed E-state index contributed by atoms with van der Waals surface area (Å²) >= 11 is 0. The number of carbonyl (C=O) groups excluding carboxylic acids is 1. The molecule has 21 heavy (non-hydrogen) atoms. The Morgan fingerprint density at radius 3 is 2.81 bits per heavy atom. The molecule has 0 bridgehead atoms. The lowest BCUT2D eigenvalue weighted by atomic mass is 10.2. The number of fused-ring (bicyclic) bond motifs is 1. The van der Waals surface area contributed by atoms with Crippen LogP contribution in [0.1, 0.15) is 10.4 Å². The van der Waals surface area contributed by atoms with Gasteiger partial charge >= 0.3 is 5.97 Å². The van der Waals surface area contributed by atoms with Crippen molar-refractivity contribution in [2.75, 3.05) is 14.2 Å². The van der Waals surface area contributed by atoms with Gasteiger partial charge in [-0.15, -0.1) is 10.2 Å². The molecular formula is C14H12N4O3. The number of rotatable bonds is 3. The lowest BCUT2D eigenvalue weighted by molar-refractivity contribution is 0.0600. The van der Waals surface area contributed by atoms with E-state index >= 15 is 0 Å². The third-order valence-electron chi connectivity index (χ3n) is 3.03. The van der Waals surface area contributed by atoms with Crippen molar-refractivity contribution in [1.82, 2.24) is 19.6 Å². The molecule has 3 rings (SSSR count). The Hall–Kier alpha value is -2.96. The van der Waals surface area contributed by atoms with Crippen molar-refractivity contribution in [3.05, 3.63) is 42.2 Å². The number of esters is 1. The van der Waals surface area contributed by atoms with E-state index in [4.69, 9.17) is 9.47 Å². The van der Waals surface area contributed by atoms with Gasteiger partial charge in [0.2, 0.25) is 5.88 Å². The quantitative estimate of drug-likeness (QED) is 0.679. The summed E-state index contributed by atoms with van der Waals surface area (Å²) in [6, 6.07) is 6.95. The third-order valence-corrected chi connectivity index (χ3v) is 3.03. The van der Waals surface area contributed by atoms with Crippen molar-refractivity contribution in [3.63, 3.8) is 0 Å². The average molecular weight is 284 g/mol. The molecule has 0 fully saturated rings. The van der Waals surface area contributed by atoms with E-state index in [1.807, 2.05) is 6.07 Å². The second-order valence-electron chi connectivity index (χ2n) is 4.22. The fourth-order valence-electron chi connectivity index (χ4n) is 2.04.